The molecule has 0 bridgehead atoms. The van der Waals surface area contributed by atoms with E-state index >= 15 is 0 Å². The third kappa shape index (κ3) is 6.04. The summed E-state index contributed by atoms with van der Waals surface area (Å²) < 4.78 is 57.9. The molecule has 1 aliphatic carbocycles. The Bertz CT molecular complexity index is 906. The third-order valence-electron chi connectivity index (χ3n) is 6.16. The second-order valence-electron chi connectivity index (χ2n) is 8.38. The monoisotopic (exact) mass is 456 g/mol. The molecule has 1 aliphatic heterocycles. The Labute approximate surface area is 182 Å². The van der Waals surface area contributed by atoms with Crippen molar-refractivity contribution in [2.45, 2.75) is 43.4 Å². The van der Waals surface area contributed by atoms with Gasteiger partial charge in [0.05, 0.1) is 12.1 Å². The van der Waals surface area contributed by atoms with E-state index in [-0.39, 0.29) is 52.9 Å². The minimum atomic E-state index is -3.83. The van der Waals surface area contributed by atoms with E-state index in [4.69, 9.17) is 10.5 Å². The fourth-order valence-electron chi connectivity index (χ4n) is 4.29. The number of carbonyl (C=O) groups excluding carboxylic acids is 1. The Hall–Kier alpha value is -2.00. The van der Waals surface area contributed by atoms with Crippen LogP contribution < -0.4 is 10.5 Å². The highest BCUT2D eigenvalue weighted by atomic mass is 32.2. The minimum Gasteiger partial charge on any atom is -0.489 e. The minimum absolute atomic E-state index is 0.0312. The highest BCUT2D eigenvalue weighted by Gasteiger charge is 2.32. The van der Waals surface area contributed by atoms with Gasteiger partial charge in [0.2, 0.25) is 5.91 Å². The van der Waals surface area contributed by atoms with Crippen molar-refractivity contribution in [3.63, 3.8) is 0 Å². The molecule has 172 valence electrons. The molecule has 31 heavy (non-hydrogen) atoms. The molecule has 2 N–H and O–H groups in total. The number of sulfone groups is 1. The molecule has 0 radical (unpaired) electrons. The number of halogens is 2. The molecule has 1 aromatic carbocycles. The molecule has 0 unspecified atom stereocenters. The highest BCUT2D eigenvalue weighted by molar-refractivity contribution is 7.91. The van der Waals surface area contributed by atoms with Crippen LogP contribution in [0.15, 0.2) is 35.0 Å². The maximum absolute atomic E-state index is 14.5. The molecule has 0 atom stereocenters. The summed E-state index contributed by atoms with van der Waals surface area (Å²) in [7, 11) is -3.83. The van der Waals surface area contributed by atoms with Crippen LogP contribution in [-0.2, 0) is 14.6 Å². The number of nitrogens with two attached hydrogens (primary N) is 1. The quantitative estimate of drug-likeness (QED) is 0.649. The van der Waals surface area contributed by atoms with Crippen LogP contribution in [0.1, 0.15) is 38.5 Å². The molecule has 1 saturated carbocycles. The zero-order valence-corrected chi connectivity index (χ0v) is 18.4. The molecule has 1 aromatic rings. The van der Waals surface area contributed by atoms with Gasteiger partial charge in [-0.05, 0) is 43.7 Å². The molecular weight excluding hydrogens is 426 g/mol. The first-order valence-corrected chi connectivity index (χ1v) is 12.4. The Kier molecular flexibility index (Phi) is 8.05. The molecule has 1 amide bonds. The first-order valence-electron chi connectivity index (χ1n) is 10.8. The molecule has 9 heteroatoms. The standard InChI is InChI=1S/C22H30F2N2O4S/c23-12-17(13-25)14-30-19-5-6-21(20(24)11-19)31(28,29)15-16-7-9-26(10-8-16)22(27)18-3-1-2-4-18/h5-6,11-12,16,18H,1-4,7-10,13-15,25H2/b17-12+. The molecule has 2 aliphatic rings. The van der Waals surface area contributed by atoms with Crippen LogP contribution in [-0.4, -0.2) is 51.2 Å². The van der Waals surface area contributed by atoms with Crippen LogP contribution in [0.25, 0.3) is 0 Å². The van der Waals surface area contributed by atoms with Gasteiger partial charge in [0.25, 0.3) is 0 Å². The van der Waals surface area contributed by atoms with Gasteiger partial charge in [-0.1, -0.05) is 12.8 Å². The van der Waals surface area contributed by atoms with Gasteiger partial charge in [0.1, 0.15) is 23.1 Å². The second kappa shape index (κ2) is 10.5. The molecule has 1 heterocycles. The number of rotatable bonds is 8. The molecule has 0 aromatic heterocycles. The van der Waals surface area contributed by atoms with E-state index in [2.05, 4.69) is 0 Å². The fraction of sp³-hybridized carbons (Fsp3) is 0.591. The predicted molar refractivity (Wildman–Crippen MR) is 113 cm³/mol. The van der Waals surface area contributed by atoms with Crippen molar-refractivity contribution >= 4 is 15.7 Å². The van der Waals surface area contributed by atoms with E-state index in [0.717, 1.165) is 31.7 Å². The van der Waals surface area contributed by atoms with Crippen LogP contribution in [0.2, 0.25) is 0 Å². The maximum Gasteiger partial charge on any atom is 0.225 e. The lowest BCUT2D eigenvalue weighted by Gasteiger charge is -2.33. The number of hydrogen-bond donors (Lipinski definition) is 1. The van der Waals surface area contributed by atoms with Gasteiger partial charge in [-0.3, -0.25) is 4.79 Å². The summed E-state index contributed by atoms with van der Waals surface area (Å²) >= 11 is 0. The first-order chi connectivity index (χ1) is 14.8. The smallest absolute Gasteiger partial charge is 0.225 e. The number of benzene rings is 1. The summed E-state index contributed by atoms with van der Waals surface area (Å²) in [4.78, 5) is 14.0. The Morgan fingerprint density at radius 3 is 2.45 bits per heavy atom. The molecule has 2 fully saturated rings. The summed E-state index contributed by atoms with van der Waals surface area (Å²) in [6.07, 6.45) is 5.62. The van der Waals surface area contributed by atoms with Crippen LogP contribution >= 0.6 is 0 Å². The number of amides is 1. The zero-order chi connectivity index (χ0) is 22.4. The van der Waals surface area contributed by atoms with Gasteiger partial charge < -0.3 is 15.4 Å². The average molecular weight is 457 g/mol. The van der Waals surface area contributed by atoms with E-state index in [9.17, 15) is 22.0 Å². The van der Waals surface area contributed by atoms with Gasteiger partial charge in [-0.25, -0.2) is 17.2 Å². The number of nitrogens with zero attached hydrogens (tertiary/aromatic N) is 1. The lowest BCUT2D eigenvalue weighted by Crippen LogP contribution is -2.42. The maximum atomic E-state index is 14.5. The topological polar surface area (TPSA) is 89.7 Å². The van der Waals surface area contributed by atoms with E-state index in [1.165, 1.54) is 12.1 Å². The lowest BCUT2D eigenvalue weighted by atomic mass is 9.97. The van der Waals surface area contributed by atoms with E-state index in [1.807, 2.05) is 4.90 Å². The number of ether oxygens (including phenoxy) is 1. The van der Waals surface area contributed by atoms with Crippen LogP contribution in [0.4, 0.5) is 8.78 Å². The van der Waals surface area contributed by atoms with Crippen molar-refractivity contribution < 1.29 is 26.7 Å². The normalized spacial score (nSPS) is 19.1. The Morgan fingerprint density at radius 2 is 1.87 bits per heavy atom. The fourth-order valence-corrected chi connectivity index (χ4v) is 6.05. The van der Waals surface area contributed by atoms with Gasteiger partial charge in [-0.2, -0.15) is 0 Å². The summed E-state index contributed by atoms with van der Waals surface area (Å²) in [5.74, 6) is -0.753. The zero-order valence-electron chi connectivity index (χ0n) is 17.6. The molecular formula is C22H30F2N2O4S. The summed E-state index contributed by atoms with van der Waals surface area (Å²) in [5, 5.41) is 0. The van der Waals surface area contributed by atoms with Crippen molar-refractivity contribution in [2.24, 2.45) is 17.6 Å². The number of carbonyl (C=O) groups is 1. The van der Waals surface area contributed by atoms with Gasteiger partial charge in [-0.15, -0.1) is 0 Å². The van der Waals surface area contributed by atoms with Gasteiger partial charge in [0, 0.05) is 37.2 Å². The summed E-state index contributed by atoms with van der Waals surface area (Å²) in [6, 6.07) is 3.52. The number of hydrogen-bond acceptors (Lipinski definition) is 5. The molecule has 3 rings (SSSR count). The average Bonchev–Trinajstić information content (AvgIpc) is 3.29. The summed E-state index contributed by atoms with van der Waals surface area (Å²) in [6.45, 7) is 0.930. The van der Waals surface area contributed by atoms with Gasteiger partial charge >= 0.3 is 0 Å². The van der Waals surface area contributed by atoms with Crippen molar-refractivity contribution in [3.05, 3.63) is 35.9 Å². The van der Waals surface area contributed by atoms with Crippen molar-refractivity contribution in [2.75, 3.05) is 32.0 Å². The van der Waals surface area contributed by atoms with Crippen LogP contribution in [0.5, 0.6) is 5.75 Å². The van der Waals surface area contributed by atoms with E-state index in [1.54, 1.807) is 0 Å². The molecule has 0 spiro atoms. The van der Waals surface area contributed by atoms with E-state index in [0.29, 0.717) is 32.3 Å². The van der Waals surface area contributed by atoms with Crippen molar-refractivity contribution in [1.82, 2.24) is 4.90 Å². The van der Waals surface area contributed by atoms with Crippen molar-refractivity contribution in [1.29, 1.82) is 0 Å². The molecule has 1 saturated heterocycles. The van der Waals surface area contributed by atoms with Crippen LogP contribution in [0, 0.1) is 17.7 Å². The third-order valence-corrected chi connectivity index (χ3v) is 8.08. The second-order valence-corrected chi connectivity index (χ2v) is 10.4. The Morgan fingerprint density at radius 1 is 1.19 bits per heavy atom. The Balaban J connectivity index is 1.56. The SMILES string of the molecule is NC/C(=C\F)COc1ccc(S(=O)(=O)CC2CCN(C(=O)C3CCCC3)CC2)c(F)c1. The summed E-state index contributed by atoms with van der Waals surface area (Å²) in [5.41, 5.74) is 5.54. The number of likely N-dealkylation sites (tertiary alicyclic amines) is 1. The van der Waals surface area contributed by atoms with Gasteiger partial charge in [0.15, 0.2) is 9.84 Å². The first kappa shape index (κ1) is 23.7. The predicted octanol–water partition coefficient (Wildman–Crippen LogP) is 3.22. The number of piperidine rings is 1. The van der Waals surface area contributed by atoms with E-state index < -0.39 is 15.7 Å². The highest BCUT2D eigenvalue weighted by Crippen LogP contribution is 2.30. The van der Waals surface area contributed by atoms with Crippen LogP contribution in [0.3, 0.4) is 0 Å². The largest absolute Gasteiger partial charge is 0.489 e. The lowest BCUT2D eigenvalue weighted by molar-refractivity contribution is -0.136. The van der Waals surface area contributed by atoms with Crippen molar-refractivity contribution in [3.8, 4) is 5.75 Å². The molecule has 6 nitrogen and oxygen atoms in total.